The number of rotatable bonds is 0. The summed E-state index contributed by atoms with van der Waals surface area (Å²) in [5, 5.41) is 1.69. The molecule has 2 rings (SSSR count). The molecule has 2 aromatic carbocycles. The van der Waals surface area contributed by atoms with E-state index in [1.807, 2.05) is 52.0 Å². The molecule has 0 nitrogen and oxygen atoms in total. The highest BCUT2D eigenvalue weighted by Gasteiger charge is 1.98. The lowest BCUT2D eigenvalue weighted by Crippen LogP contribution is -1.79. The van der Waals surface area contributed by atoms with Crippen molar-refractivity contribution in [2.75, 3.05) is 0 Å². The van der Waals surface area contributed by atoms with Crippen LogP contribution in [0.2, 0.25) is 10.0 Å². The van der Waals surface area contributed by atoms with Crippen LogP contribution in [0.25, 0.3) is 0 Å². The van der Waals surface area contributed by atoms with Crippen LogP contribution in [-0.4, -0.2) is 0 Å². The van der Waals surface area contributed by atoms with Gasteiger partial charge in [0, 0.05) is 14.5 Å². The average Bonchev–Trinajstić information content (AvgIpc) is 2.33. The first-order chi connectivity index (χ1) is 8.81. The molecule has 0 spiro atoms. The van der Waals surface area contributed by atoms with E-state index >= 15 is 0 Å². The Morgan fingerprint density at radius 1 is 0.737 bits per heavy atom. The highest BCUT2D eigenvalue weighted by molar-refractivity contribution is 9.10. The molecule has 0 aliphatic carbocycles. The van der Waals surface area contributed by atoms with Gasteiger partial charge in [-0.25, -0.2) is 0 Å². The fourth-order valence-electron chi connectivity index (χ4n) is 1.44. The van der Waals surface area contributed by atoms with Crippen LogP contribution in [0.1, 0.15) is 22.3 Å². The zero-order valence-corrected chi connectivity index (χ0v) is 14.6. The Morgan fingerprint density at radius 2 is 1.32 bits per heavy atom. The molecule has 0 radical (unpaired) electrons. The van der Waals surface area contributed by atoms with Gasteiger partial charge in [0.05, 0.1) is 0 Å². The van der Waals surface area contributed by atoms with Gasteiger partial charge < -0.3 is 0 Å². The standard InChI is InChI=1S/C8H8BrCl.C8H9Cl/c1-5-4-8(10)6(2)3-7(5)9;1-6-3-4-7(2)8(9)5-6/h3-4H,1-2H3;3-5H,1-2H3. The Bertz CT molecular complexity index is 527. The third kappa shape index (κ3) is 5.18. The number of aryl methyl sites for hydroxylation is 4. The lowest BCUT2D eigenvalue weighted by Gasteiger charge is -2.01. The minimum atomic E-state index is 0.834. The molecule has 19 heavy (non-hydrogen) atoms. The summed E-state index contributed by atoms with van der Waals surface area (Å²) in [6.07, 6.45) is 0. The zero-order valence-electron chi connectivity index (χ0n) is 11.5. The molecule has 0 amide bonds. The Hall–Kier alpha value is -0.500. The maximum atomic E-state index is 5.87. The van der Waals surface area contributed by atoms with Gasteiger partial charge in [-0.1, -0.05) is 51.3 Å². The van der Waals surface area contributed by atoms with Gasteiger partial charge in [-0.05, 0) is 68.1 Å². The summed E-state index contributed by atoms with van der Waals surface area (Å²) in [7, 11) is 0. The van der Waals surface area contributed by atoms with E-state index in [2.05, 4.69) is 22.0 Å². The zero-order chi connectivity index (χ0) is 14.6. The van der Waals surface area contributed by atoms with Gasteiger partial charge in [0.15, 0.2) is 0 Å². The van der Waals surface area contributed by atoms with E-state index in [0.29, 0.717) is 0 Å². The van der Waals surface area contributed by atoms with Crippen LogP contribution >= 0.6 is 39.1 Å². The highest BCUT2D eigenvalue weighted by Crippen LogP contribution is 2.23. The van der Waals surface area contributed by atoms with E-state index in [4.69, 9.17) is 23.2 Å². The van der Waals surface area contributed by atoms with Gasteiger partial charge in [0.2, 0.25) is 0 Å². The Balaban J connectivity index is 0.000000191. The van der Waals surface area contributed by atoms with Crippen LogP contribution in [0.15, 0.2) is 34.8 Å². The van der Waals surface area contributed by atoms with Gasteiger partial charge >= 0.3 is 0 Å². The smallest absolute Gasteiger partial charge is 0.0438 e. The molecule has 0 saturated heterocycles. The minimum Gasteiger partial charge on any atom is -0.0840 e. The van der Waals surface area contributed by atoms with E-state index in [1.165, 1.54) is 11.1 Å². The molecule has 0 bridgehead atoms. The van der Waals surface area contributed by atoms with Crippen LogP contribution in [0.3, 0.4) is 0 Å². The Kier molecular flexibility index (Phi) is 6.38. The van der Waals surface area contributed by atoms with Gasteiger partial charge in [0.25, 0.3) is 0 Å². The SMILES string of the molecule is Cc1cc(Br)c(C)cc1Cl.Cc1ccc(C)c(Cl)c1. The summed E-state index contributed by atoms with van der Waals surface area (Å²) in [6.45, 7) is 8.05. The topological polar surface area (TPSA) is 0 Å². The molecule has 2 aromatic rings. The number of benzene rings is 2. The van der Waals surface area contributed by atoms with Crippen molar-refractivity contribution in [3.63, 3.8) is 0 Å². The lowest BCUT2D eigenvalue weighted by molar-refractivity contribution is 1.37. The molecule has 0 aliphatic rings. The van der Waals surface area contributed by atoms with Crippen molar-refractivity contribution >= 4 is 39.1 Å². The molecule has 0 fully saturated rings. The molecule has 0 unspecified atom stereocenters. The van der Waals surface area contributed by atoms with Crippen LogP contribution in [0.5, 0.6) is 0 Å². The van der Waals surface area contributed by atoms with E-state index in [9.17, 15) is 0 Å². The van der Waals surface area contributed by atoms with Crippen LogP contribution < -0.4 is 0 Å². The molecular formula is C16H17BrCl2. The van der Waals surface area contributed by atoms with E-state index < -0.39 is 0 Å². The van der Waals surface area contributed by atoms with Crippen molar-refractivity contribution in [1.82, 2.24) is 0 Å². The summed E-state index contributed by atoms with van der Waals surface area (Å²) in [5.41, 5.74) is 4.64. The van der Waals surface area contributed by atoms with E-state index in [1.54, 1.807) is 0 Å². The summed E-state index contributed by atoms with van der Waals surface area (Å²) in [4.78, 5) is 0. The quantitative estimate of drug-likeness (QED) is 0.492. The third-order valence-corrected chi connectivity index (χ3v) is 4.44. The molecule has 3 heteroatoms. The van der Waals surface area contributed by atoms with E-state index in [-0.39, 0.29) is 0 Å². The molecule has 0 aromatic heterocycles. The van der Waals surface area contributed by atoms with Crippen LogP contribution in [0, 0.1) is 27.7 Å². The second-order valence-electron chi connectivity index (χ2n) is 4.60. The third-order valence-electron chi connectivity index (χ3n) is 2.77. The first-order valence-corrected chi connectivity index (χ1v) is 7.51. The van der Waals surface area contributed by atoms with Crippen molar-refractivity contribution in [3.05, 3.63) is 67.1 Å². The minimum absolute atomic E-state index is 0.834. The number of hydrogen-bond donors (Lipinski definition) is 0. The Labute approximate surface area is 133 Å². The second-order valence-corrected chi connectivity index (χ2v) is 6.27. The fraction of sp³-hybridized carbons (Fsp3) is 0.250. The summed E-state index contributed by atoms with van der Waals surface area (Å²) >= 11 is 15.1. The van der Waals surface area contributed by atoms with Gasteiger partial charge in [-0.2, -0.15) is 0 Å². The number of halogens is 3. The van der Waals surface area contributed by atoms with E-state index in [0.717, 1.165) is 25.6 Å². The first kappa shape index (κ1) is 16.6. The van der Waals surface area contributed by atoms with Gasteiger partial charge in [0.1, 0.15) is 0 Å². The van der Waals surface area contributed by atoms with Crippen molar-refractivity contribution in [3.8, 4) is 0 Å². The van der Waals surface area contributed by atoms with Gasteiger partial charge in [-0.15, -0.1) is 0 Å². The van der Waals surface area contributed by atoms with Crippen molar-refractivity contribution in [2.45, 2.75) is 27.7 Å². The van der Waals surface area contributed by atoms with Crippen molar-refractivity contribution in [2.24, 2.45) is 0 Å². The monoisotopic (exact) mass is 358 g/mol. The second kappa shape index (κ2) is 7.33. The summed E-state index contributed by atoms with van der Waals surface area (Å²) in [6, 6.07) is 10.0. The molecule has 0 atom stereocenters. The normalized spacial score (nSPS) is 9.84. The molecule has 0 N–H and O–H groups in total. The van der Waals surface area contributed by atoms with Crippen LogP contribution in [0.4, 0.5) is 0 Å². The van der Waals surface area contributed by atoms with Crippen LogP contribution in [-0.2, 0) is 0 Å². The largest absolute Gasteiger partial charge is 0.0840 e. The molecular weight excluding hydrogens is 343 g/mol. The predicted octanol–water partition coefficient (Wildman–Crippen LogP) is 6.68. The molecule has 0 heterocycles. The molecule has 0 aliphatic heterocycles. The molecule has 102 valence electrons. The fourth-order valence-corrected chi connectivity index (χ4v) is 2.35. The van der Waals surface area contributed by atoms with Gasteiger partial charge in [-0.3, -0.25) is 0 Å². The maximum absolute atomic E-state index is 5.87. The number of hydrogen-bond acceptors (Lipinski definition) is 0. The maximum Gasteiger partial charge on any atom is 0.0438 e. The Morgan fingerprint density at radius 3 is 1.79 bits per heavy atom. The highest BCUT2D eigenvalue weighted by atomic mass is 79.9. The summed E-state index contributed by atoms with van der Waals surface area (Å²) in [5.74, 6) is 0. The molecule has 0 saturated carbocycles. The first-order valence-electron chi connectivity index (χ1n) is 5.96. The summed E-state index contributed by atoms with van der Waals surface area (Å²) < 4.78 is 1.12. The van der Waals surface area contributed by atoms with Crippen molar-refractivity contribution < 1.29 is 0 Å². The van der Waals surface area contributed by atoms with Crippen molar-refractivity contribution in [1.29, 1.82) is 0 Å². The predicted molar refractivity (Wildman–Crippen MR) is 89.6 cm³/mol. The lowest BCUT2D eigenvalue weighted by atomic mass is 10.2. The average molecular weight is 360 g/mol.